The Hall–Kier alpha value is -1.56. The zero-order chi connectivity index (χ0) is 12.3. The molecule has 0 fully saturated rings. The third kappa shape index (κ3) is 3.20. The third-order valence-electron chi connectivity index (χ3n) is 2.23. The molecule has 2 heterocycles. The minimum absolute atomic E-state index is 0.102. The molecule has 6 heteroatoms. The molecule has 0 aliphatic rings. The van der Waals surface area contributed by atoms with E-state index in [-0.39, 0.29) is 12.2 Å². The van der Waals surface area contributed by atoms with Crippen LogP contribution in [0.15, 0.2) is 9.90 Å². The van der Waals surface area contributed by atoms with Crippen LogP contribution >= 0.6 is 11.3 Å². The highest BCUT2D eigenvalue weighted by Crippen LogP contribution is 2.12. The first kappa shape index (κ1) is 11.9. The molecule has 0 aliphatic heterocycles. The molecule has 17 heavy (non-hydrogen) atoms. The van der Waals surface area contributed by atoms with Crippen molar-refractivity contribution in [2.24, 2.45) is 0 Å². The summed E-state index contributed by atoms with van der Waals surface area (Å²) in [6.07, 6.45) is 1.27. The Bertz CT molecular complexity index is 518. The van der Waals surface area contributed by atoms with Crippen molar-refractivity contribution in [3.05, 3.63) is 27.8 Å². The van der Waals surface area contributed by atoms with E-state index in [1.807, 2.05) is 19.2 Å². The molecule has 0 radical (unpaired) electrons. The van der Waals surface area contributed by atoms with Crippen LogP contribution in [0.5, 0.6) is 0 Å². The van der Waals surface area contributed by atoms with Crippen molar-refractivity contribution in [3.8, 4) is 0 Å². The van der Waals surface area contributed by atoms with Gasteiger partial charge in [0, 0.05) is 17.5 Å². The summed E-state index contributed by atoms with van der Waals surface area (Å²) in [4.78, 5) is 19.7. The lowest BCUT2D eigenvalue weighted by molar-refractivity contribution is -0.118. The van der Waals surface area contributed by atoms with Crippen LogP contribution in [0.25, 0.3) is 0 Å². The maximum Gasteiger partial charge on any atom is 0.234 e. The van der Waals surface area contributed by atoms with Gasteiger partial charge in [0.2, 0.25) is 5.89 Å². The lowest BCUT2D eigenvalue weighted by Gasteiger charge is -1.89. The first-order valence-corrected chi connectivity index (χ1v) is 6.29. The van der Waals surface area contributed by atoms with E-state index in [4.69, 9.17) is 4.52 Å². The number of aryl methyl sites for hydroxylation is 1. The fraction of sp³-hybridized carbons (Fsp3) is 0.455. The van der Waals surface area contributed by atoms with Crippen LogP contribution < -0.4 is 0 Å². The van der Waals surface area contributed by atoms with Crippen molar-refractivity contribution in [2.75, 3.05) is 0 Å². The summed E-state index contributed by atoms with van der Waals surface area (Å²) in [7, 11) is 0. The summed E-state index contributed by atoms with van der Waals surface area (Å²) in [5.41, 5.74) is 0.995. The van der Waals surface area contributed by atoms with E-state index in [2.05, 4.69) is 15.1 Å². The molecule has 2 rings (SSSR count). The van der Waals surface area contributed by atoms with Gasteiger partial charge in [0.15, 0.2) is 5.82 Å². The van der Waals surface area contributed by atoms with Gasteiger partial charge in [0.05, 0.1) is 12.8 Å². The molecule has 0 N–H and O–H groups in total. The zero-order valence-corrected chi connectivity index (χ0v) is 10.6. The number of ketones is 1. The Morgan fingerprint density at radius 1 is 1.47 bits per heavy atom. The van der Waals surface area contributed by atoms with Crippen molar-refractivity contribution < 1.29 is 9.32 Å². The molecule has 0 saturated heterocycles. The van der Waals surface area contributed by atoms with Crippen molar-refractivity contribution >= 4 is 17.1 Å². The fourth-order valence-electron chi connectivity index (χ4n) is 1.35. The van der Waals surface area contributed by atoms with Crippen molar-refractivity contribution in [3.63, 3.8) is 0 Å². The maximum atomic E-state index is 11.2. The Labute approximate surface area is 103 Å². The molecular formula is C11H13N3O2S. The molecule has 0 amide bonds. The van der Waals surface area contributed by atoms with E-state index in [1.165, 1.54) is 0 Å². The molecule has 0 saturated carbocycles. The highest BCUT2D eigenvalue weighted by molar-refractivity contribution is 7.09. The van der Waals surface area contributed by atoms with Gasteiger partial charge >= 0.3 is 0 Å². The smallest absolute Gasteiger partial charge is 0.234 e. The monoisotopic (exact) mass is 251 g/mol. The minimum Gasteiger partial charge on any atom is -0.339 e. The van der Waals surface area contributed by atoms with Crippen LogP contribution in [0.1, 0.15) is 35.8 Å². The number of thiazole rings is 1. The van der Waals surface area contributed by atoms with Gasteiger partial charge in [0.25, 0.3) is 0 Å². The van der Waals surface area contributed by atoms with Crippen LogP contribution in [0.2, 0.25) is 0 Å². The average molecular weight is 251 g/mol. The van der Waals surface area contributed by atoms with E-state index in [0.29, 0.717) is 24.6 Å². The fourth-order valence-corrected chi connectivity index (χ4v) is 2.12. The summed E-state index contributed by atoms with van der Waals surface area (Å²) in [6, 6.07) is 0. The second kappa shape index (κ2) is 5.18. The molecule has 5 nitrogen and oxygen atoms in total. The van der Waals surface area contributed by atoms with E-state index in [1.54, 1.807) is 11.3 Å². The third-order valence-corrected chi connectivity index (χ3v) is 3.20. The van der Waals surface area contributed by atoms with Crippen molar-refractivity contribution in [1.82, 2.24) is 15.1 Å². The summed E-state index contributed by atoms with van der Waals surface area (Å²) in [5, 5.41) is 6.77. The molecule has 0 bridgehead atoms. The number of rotatable bonds is 5. The molecule has 0 atom stereocenters. The summed E-state index contributed by atoms with van der Waals surface area (Å²) in [5.74, 6) is 1.07. The number of carbonyl (C=O) groups is 1. The molecule has 0 spiro atoms. The number of hydrogen-bond donors (Lipinski definition) is 0. The Morgan fingerprint density at radius 3 is 2.94 bits per heavy atom. The van der Waals surface area contributed by atoms with Crippen molar-refractivity contribution in [2.45, 2.75) is 33.1 Å². The number of carbonyl (C=O) groups excluding carboxylic acids is 1. The first-order chi connectivity index (χ1) is 8.17. The summed E-state index contributed by atoms with van der Waals surface area (Å²) < 4.78 is 5.01. The topological polar surface area (TPSA) is 68.9 Å². The van der Waals surface area contributed by atoms with E-state index < -0.39 is 0 Å². The van der Waals surface area contributed by atoms with Crippen LogP contribution in [0.3, 0.4) is 0 Å². The summed E-state index contributed by atoms with van der Waals surface area (Å²) >= 11 is 1.57. The van der Waals surface area contributed by atoms with Gasteiger partial charge in [-0.25, -0.2) is 4.98 Å². The van der Waals surface area contributed by atoms with Gasteiger partial charge in [-0.05, 0) is 6.92 Å². The minimum atomic E-state index is 0.102. The predicted molar refractivity (Wildman–Crippen MR) is 63.0 cm³/mol. The highest BCUT2D eigenvalue weighted by Gasteiger charge is 2.11. The van der Waals surface area contributed by atoms with Gasteiger partial charge in [-0.3, -0.25) is 4.79 Å². The van der Waals surface area contributed by atoms with Crippen LogP contribution in [0, 0.1) is 6.92 Å². The van der Waals surface area contributed by atoms with Gasteiger partial charge in [-0.2, -0.15) is 4.98 Å². The number of Topliss-reactive ketones (excluding diaryl/α,β-unsaturated/α-hetero) is 1. The van der Waals surface area contributed by atoms with E-state index >= 15 is 0 Å². The summed E-state index contributed by atoms with van der Waals surface area (Å²) in [6.45, 7) is 3.76. The number of hydrogen-bond acceptors (Lipinski definition) is 6. The molecule has 0 aromatic carbocycles. The Balaban J connectivity index is 2.01. The Morgan fingerprint density at radius 2 is 2.29 bits per heavy atom. The SMILES string of the molecule is CCC(=O)Cc1nc(Cc2nc(C)cs2)no1. The molecule has 0 unspecified atom stereocenters. The van der Waals surface area contributed by atoms with Gasteiger partial charge in [0.1, 0.15) is 10.8 Å². The van der Waals surface area contributed by atoms with Gasteiger partial charge in [-0.15, -0.1) is 11.3 Å². The van der Waals surface area contributed by atoms with E-state index in [9.17, 15) is 4.79 Å². The Kier molecular flexibility index (Phi) is 3.63. The predicted octanol–water partition coefficient (Wildman–Crippen LogP) is 1.95. The number of aromatic nitrogens is 3. The second-order valence-electron chi connectivity index (χ2n) is 3.73. The first-order valence-electron chi connectivity index (χ1n) is 5.41. The second-order valence-corrected chi connectivity index (χ2v) is 4.68. The number of nitrogens with zero attached hydrogens (tertiary/aromatic N) is 3. The van der Waals surface area contributed by atoms with Crippen LogP contribution in [0.4, 0.5) is 0 Å². The lowest BCUT2D eigenvalue weighted by Crippen LogP contribution is -2.00. The molecule has 2 aromatic heterocycles. The zero-order valence-electron chi connectivity index (χ0n) is 9.77. The average Bonchev–Trinajstić information content (AvgIpc) is 2.89. The molecule has 2 aromatic rings. The maximum absolute atomic E-state index is 11.2. The molecule has 0 aliphatic carbocycles. The van der Waals surface area contributed by atoms with Gasteiger partial charge in [-0.1, -0.05) is 12.1 Å². The van der Waals surface area contributed by atoms with Crippen LogP contribution in [-0.2, 0) is 17.6 Å². The molecular weight excluding hydrogens is 238 g/mol. The largest absolute Gasteiger partial charge is 0.339 e. The highest BCUT2D eigenvalue weighted by atomic mass is 32.1. The van der Waals surface area contributed by atoms with Gasteiger partial charge < -0.3 is 4.52 Å². The van der Waals surface area contributed by atoms with Crippen molar-refractivity contribution in [1.29, 1.82) is 0 Å². The normalized spacial score (nSPS) is 10.7. The quantitative estimate of drug-likeness (QED) is 0.812. The standard InChI is InChI=1S/C11H13N3O2S/c1-3-8(15)4-10-13-9(14-16-10)5-11-12-7(2)6-17-11/h6H,3-5H2,1-2H3. The molecule has 90 valence electrons. The lowest BCUT2D eigenvalue weighted by atomic mass is 10.2. The van der Waals surface area contributed by atoms with Crippen LogP contribution in [-0.4, -0.2) is 20.9 Å². The van der Waals surface area contributed by atoms with E-state index in [0.717, 1.165) is 10.7 Å².